The Bertz CT molecular complexity index is 1050. The van der Waals surface area contributed by atoms with Gasteiger partial charge in [-0.1, -0.05) is 67.6 Å². The van der Waals surface area contributed by atoms with E-state index in [2.05, 4.69) is 19.1 Å². The van der Waals surface area contributed by atoms with Crippen molar-refractivity contribution < 1.29 is 19.4 Å². The Balaban J connectivity index is 1.97. The van der Waals surface area contributed by atoms with Gasteiger partial charge in [0, 0.05) is 10.8 Å². The van der Waals surface area contributed by atoms with Gasteiger partial charge >= 0.3 is 7.32 Å². The number of hydrogen-bond acceptors (Lipinski definition) is 4. The third-order valence-electron chi connectivity index (χ3n) is 4.72. The second kappa shape index (κ2) is 7.93. The van der Waals surface area contributed by atoms with Crippen LogP contribution in [0.4, 0.5) is 0 Å². The second-order valence-corrected chi connectivity index (χ2v) is 6.61. The Morgan fingerprint density at radius 3 is 1.79 bits per heavy atom. The molecule has 0 unspecified atom stereocenters. The third kappa shape index (κ3) is 3.42. The van der Waals surface area contributed by atoms with Crippen molar-refractivity contribution in [1.29, 1.82) is 0 Å². The molecule has 0 saturated heterocycles. The maximum Gasteiger partial charge on any atom is 0.707 e. The van der Waals surface area contributed by atoms with E-state index < -0.39 is 7.32 Å². The summed E-state index contributed by atoms with van der Waals surface area (Å²) < 4.78 is 11.1. The molecule has 0 fully saturated rings. The minimum absolute atomic E-state index is 0.466. The topological polar surface area (TPSA) is 58.9 Å². The Hall–Kier alpha value is -3.02. The van der Waals surface area contributed by atoms with Crippen molar-refractivity contribution in [3.05, 3.63) is 72.8 Å². The van der Waals surface area contributed by atoms with Crippen LogP contribution in [0.25, 0.3) is 32.7 Å². The standard InChI is InChI=1S/C23H21BO4/c1-2-15-27-17-13-11-16(12-14-17)22-18-7-3-5-9-20(18)23(28-24(25)26)21-10-6-4-8-19(21)22/h3-14,25-26H,2,15H2,1H3. The summed E-state index contributed by atoms with van der Waals surface area (Å²) in [6.07, 6.45) is 0.967. The Kier molecular flexibility index (Phi) is 5.19. The molecule has 140 valence electrons. The summed E-state index contributed by atoms with van der Waals surface area (Å²) in [6, 6.07) is 23.8. The average molecular weight is 372 g/mol. The second-order valence-electron chi connectivity index (χ2n) is 6.61. The summed E-state index contributed by atoms with van der Waals surface area (Å²) in [5.41, 5.74) is 2.14. The van der Waals surface area contributed by atoms with E-state index in [1.165, 1.54) is 0 Å². The fourth-order valence-corrected chi connectivity index (χ4v) is 3.57. The van der Waals surface area contributed by atoms with E-state index in [0.717, 1.165) is 44.8 Å². The minimum Gasteiger partial charge on any atom is -0.511 e. The van der Waals surface area contributed by atoms with Gasteiger partial charge in [-0.05, 0) is 40.5 Å². The highest BCUT2D eigenvalue weighted by molar-refractivity contribution is 6.35. The molecule has 0 saturated carbocycles. The molecule has 0 aromatic heterocycles. The molecule has 0 amide bonds. The molecule has 0 aliphatic heterocycles. The number of hydrogen-bond donors (Lipinski definition) is 2. The Morgan fingerprint density at radius 2 is 1.29 bits per heavy atom. The van der Waals surface area contributed by atoms with Gasteiger partial charge in [0.2, 0.25) is 0 Å². The van der Waals surface area contributed by atoms with E-state index in [0.29, 0.717) is 12.4 Å². The van der Waals surface area contributed by atoms with Crippen LogP contribution in [0.3, 0.4) is 0 Å². The molecule has 28 heavy (non-hydrogen) atoms. The van der Waals surface area contributed by atoms with E-state index in [4.69, 9.17) is 9.39 Å². The van der Waals surface area contributed by atoms with E-state index in [1.54, 1.807) is 0 Å². The van der Waals surface area contributed by atoms with Gasteiger partial charge in [-0.15, -0.1) is 0 Å². The zero-order valence-corrected chi connectivity index (χ0v) is 15.6. The van der Waals surface area contributed by atoms with Crippen LogP contribution in [-0.4, -0.2) is 24.0 Å². The zero-order chi connectivity index (χ0) is 19.5. The maximum absolute atomic E-state index is 9.43. The molecule has 0 spiro atoms. The van der Waals surface area contributed by atoms with Crippen LogP contribution >= 0.6 is 0 Å². The lowest BCUT2D eigenvalue weighted by atomic mass is 9.91. The Morgan fingerprint density at radius 1 is 0.750 bits per heavy atom. The van der Waals surface area contributed by atoms with Gasteiger partial charge in [0.15, 0.2) is 0 Å². The van der Waals surface area contributed by atoms with Gasteiger partial charge in [0.05, 0.1) is 6.61 Å². The lowest BCUT2D eigenvalue weighted by molar-refractivity contribution is 0.291. The van der Waals surface area contributed by atoms with Gasteiger partial charge in [-0.3, -0.25) is 0 Å². The fraction of sp³-hybridized carbons (Fsp3) is 0.130. The summed E-state index contributed by atoms with van der Waals surface area (Å²) >= 11 is 0. The highest BCUT2D eigenvalue weighted by atomic mass is 16.6. The van der Waals surface area contributed by atoms with Crippen molar-refractivity contribution in [1.82, 2.24) is 0 Å². The molecule has 0 aliphatic rings. The molecular weight excluding hydrogens is 351 g/mol. The van der Waals surface area contributed by atoms with Crippen molar-refractivity contribution in [3.63, 3.8) is 0 Å². The normalized spacial score (nSPS) is 11.0. The van der Waals surface area contributed by atoms with Crippen LogP contribution in [0, 0.1) is 0 Å². The molecule has 0 atom stereocenters. The van der Waals surface area contributed by atoms with E-state index in [9.17, 15) is 10.0 Å². The van der Waals surface area contributed by atoms with Gasteiger partial charge in [0.25, 0.3) is 0 Å². The molecule has 0 aliphatic carbocycles. The van der Waals surface area contributed by atoms with Crippen molar-refractivity contribution in [3.8, 4) is 22.6 Å². The molecule has 2 N–H and O–H groups in total. The largest absolute Gasteiger partial charge is 0.707 e. The average Bonchev–Trinajstić information content (AvgIpc) is 2.72. The molecule has 0 radical (unpaired) electrons. The summed E-state index contributed by atoms with van der Waals surface area (Å²) in [5, 5.41) is 22.5. The fourth-order valence-electron chi connectivity index (χ4n) is 3.57. The predicted molar refractivity (Wildman–Crippen MR) is 113 cm³/mol. The van der Waals surface area contributed by atoms with Crippen LogP contribution in [0.2, 0.25) is 0 Å². The quantitative estimate of drug-likeness (QED) is 0.377. The first-order valence-electron chi connectivity index (χ1n) is 9.38. The molecule has 0 bridgehead atoms. The predicted octanol–water partition coefficient (Wildman–Crippen LogP) is 4.80. The first kappa shape index (κ1) is 18.4. The van der Waals surface area contributed by atoms with Crippen molar-refractivity contribution >= 4 is 28.9 Å². The molecule has 0 heterocycles. The van der Waals surface area contributed by atoms with Gasteiger partial charge in [0.1, 0.15) is 11.5 Å². The summed E-state index contributed by atoms with van der Waals surface area (Å²) in [6.45, 7) is 2.78. The van der Waals surface area contributed by atoms with E-state index in [-0.39, 0.29) is 0 Å². The molecule has 4 aromatic rings. The first-order valence-corrected chi connectivity index (χ1v) is 9.38. The van der Waals surface area contributed by atoms with Crippen LogP contribution < -0.4 is 9.39 Å². The smallest absolute Gasteiger partial charge is 0.511 e. The van der Waals surface area contributed by atoms with Gasteiger partial charge in [-0.2, -0.15) is 0 Å². The van der Waals surface area contributed by atoms with Gasteiger partial charge in [-0.25, -0.2) is 0 Å². The van der Waals surface area contributed by atoms with Crippen molar-refractivity contribution in [2.75, 3.05) is 6.61 Å². The molecule has 4 rings (SSSR count). The van der Waals surface area contributed by atoms with Gasteiger partial charge < -0.3 is 19.4 Å². The lowest BCUT2D eigenvalue weighted by Crippen LogP contribution is -2.21. The molecule has 5 heteroatoms. The maximum atomic E-state index is 9.43. The lowest BCUT2D eigenvalue weighted by Gasteiger charge is -2.17. The minimum atomic E-state index is -1.88. The molecule has 4 aromatic carbocycles. The van der Waals surface area contributed by atoms with E-state index >= 15 is 0 Å². The summed E-state index contributed by atoms with van der Waals surface area (Å²) in [7, 11) is -1.88. The number of benzene rings is 4. The number of fused-ring (bicyclic) bond motifs is 2. The first-order chi connectivity index (χ1) is 13.7. The van der Waals surface area contributed by atoms with Crippen molar-refractivity contribution in [2.24, 2.45) is 0 Å². The summed E-state index contributed by atoms with van der Waals surface area (Å²) in [4.78, 5) is 0. The highest BCUT2D eigenvalue weighted by Crippen LogP contribution is 2.43. The zero-order valence-electron chi connectivity index (χ0n) is 15.6. The van der Waals surface area contributed by atoms with Crippen molar-refractivity contribution in [2.45, 2.75) is 13.3 Å². The Labute approximate surface area is 164 Å². The monoisotopic (exact) mass is 372 g/mol. The van der Waals surface area contributed by atoms with E-state index in [1.807, 2.05) is 60.7 Å². The summed E-state index contributed by atoms with van der Waals surface area (Å²) in [5.74, 6) is 1.32. The number of rotatable bonds is 6. The third-order valence-corrected chi connectivity index (χ3v) is 4.72. The van der Waals surface area contributed by atoms with Crippen LogP contribution in [-0.2, 0) is 0 Å². The number of ether oxygens (including phenoxy) is 1. The van der Waals surface area contributed by atoms with Crippen LogP contribution in [0.1, 0.15) is 13.3 Å². The molecule has 4 nitrogen and oxygen atoms in total. The molecular formula is C23H21BO4. The SMILES string of the molecule is CCCOc1ccc(-c2c3ccccc3c(OB(O)O)c3ccccc23)cc1. The van der Waals surface area contributed by atoms with Crippen LogP contribution in [0.15, 0.2) is 72.8 Å². The van der Waals surface area contributed by atoms with Crippen LogP contribution in [0.5, 0.6) is 11.5 Å². The highest BCUT2D eigenvalue weighted by Gasteiger charge is 2.20.